The zero-order valence-corrected chi connectivity index (χ0v) is 10.0. The second-order valence-electron chi connectivity index (χ2n) is 3.16. The van der Waals surface area contributed by atoms with E-state index in [4.69, 9.17) is 26.8 Å². The number of halogens is 1. The van der Waals surface area contributed by atoms with Gasteiger partial charge in [0.2, 0.25) is 0 Å². The fourth-order valence-electron chi connectivity index (χ4n) is 1.29. The summed E-state index contributed by atoms with van der Waals surface area (Å²) in [5.41, 5.74) is 6.77. The number of hydrogen-bond acceptors (Lipinski definition) is 4. The highest BCUT2D eigenvalue weighted by molar-refractivity contribution is 6.32. The number of anilines is 1. The number of esters is 1. The van der Waals surface area contributed by atoms with E-state index in [0.29, 0.717) is 28.6 Å². The molecule has 0 aliphatic heterocycles. The third kappa shape index (κ3) is 3.03. The highest BCUT2D eigenvalue weighted by Gasteiger charge is 2.12. The summed E-state index contributed by atoms with van der Waals surface area (Å²) in [7, 11) is 1.52. The van der Waals surface area contributed by atoms with Gasteiger partial charge in [0.25, 0.3) is 0 Å². The van der Waals surface area contributed by atoms with Crippen molar-refractivity contribution in [2.75, 3.05) is 19.5 Å². The molecule has 0 aliphatic rings. The molecule has 5 heteroatoms. The zero-order valence-electron chi connectivity index (χ0n) is 9.25. The van der Waals surface area contributed by atoms with Crippen LogP contribution in [0.15, 0.2) is 12.1 Å². The lowest BCUT2D eigenvalue weighted by Crippen LogP contribution is -2.09. The van der Waals surface area contributed by atoms with Gasteiger partial charge < -0.3 is 15.2 Å². The van der Waals surface area contributed by atoms with E-state index in [1.165, 1.54) is 7.11 Å². The number of nitrogen functional groups attached to an aromatic ring is 1. The van der Waals surface area contributed by atoms with Crippen molar-refractivity contribution in [1.82, 2.24) is 0 Å². The van der Waals surface area contributed by atoms with Gasteiger partial charge >= 0.3 is 5.97 Å². The number of ether oxygens (including phenoxy) is 2. The Labute approximate surface area is 99.3 Å². The monoisotopic (exact) mass is 243 g/mol. The molecule has 0 unspecified atom stereocenters. The number of nitrogens with two attached hydrogens (primary N) is 1. The lowest BCUT2D eigenvalue weighted by Gasteiger charge is -2.09. The molecule has 0 bridgehead atoms. The third-order valence-electron chi connectivity index (χ3n) is 2.07. The molecule has 2 N–H and O–H groups in total. The summed E-state index contributed by atoms with van der Waals surface area (Å²) in [6.45, 7) is 2.09. The van der Waals surface area contributed by atoms with E-state index >= 15 is 0 Å². The largest absolute Gasteiger partial charge is 0.497 e. The van der Waals surface area contributed by atoms with Crippen molar-refractivity contribution < 1.29 is 14.3 Å². The SMILES string of the molecule is CCOC(=O)Cc1c(N)cc(OC)cc1Cl. The van der Waals surface area contributed by atoms with Crippen molar-refractivity contribution in [1.29, 1.82) is 0 Å². The van der Waals surface area contributed by atoms with Crippen LogP contribution in [0.2, 0.25) is 5.02 Å². The van der Waals surface area contributed by atoms with Crippen molar-refractivity contribution in [2.45, 2.75) is 13.3 Å². The van der Waals surface area contributed by atoms with Crippen molar-refractivity contribution >= 4 is 23.3 Å². The Balaban J connectivity index is 2.92. The first kappa shape index (κ1) is 12.6. The summed E-state index contributed by atoms with van der Waals surface area (Å²) < 4.78 is 9.83. The van der Waals surface area contributed by atoms with Crippen LogP contribution in [0.3, 0.4) is 0 Å². The van der Waals surface area contributed by atoms with Crippen molar-refractivity contribution in [3.63, 3.8) is 0 Å². The Bertz CT molecular complexity index is 370. The van der Waals surface area contributed by atoms with E-state index in [0.717, 1.165) is 0 Å². The minimum atomic E-state index is -0.346. The van der Waals surface area contributed by atoms with Crippen LogP contribution < -0.4 is 10.5 Å². The van der Waals surface area contributed by atoms with Crippen molar-refractivity contribution in [3.8, 4) is 5.75 Å². The molecule has 0 saturated heterocycles. The van der Waals surface area contributed by atoms with Gasteiger partial charge in [0.05, 0.1) is 25.2 Å². The van der Waals surface area contributed by atoms with E-state index in [9.17, 15) is 4.79 Å². The predicted octanol–water partition coefficient (Wildman–Crippen LogP) is 2.04. The minimum Gasteiger partial charge on any atom is -0.497 e. The molecule has 88 valence electrons. The van der Waals surface area contributed by atoms with Crippen LogP contribution in [-0.2, 0) is 16.0 Å². The van der Waals surface area contributed by atoms with Crippen LogP contribution >= 0.6 is 11.6 Å². The molecular weight excluding hydrogens is 230 g/mol. The van der Waals surface area contributed by atoms with Gasteiger partial charge in [-0.05, 0) is 13.0 Å². The van der Waals surface area contributed by atoms with Crippen LogP contribution in [0, 0.1) is 0 Å². The number of rotatable bonds is 4. The second kappa shape index (κ2) is 5.61. The van der Waals surface area contributed by atoms with Gasteiger partial charge in [0.1, 0.15) is 5.75 Å². The highest BCUT2D eigenvalue weighted by atomic mass is 35.5. The van der Waals surface area contributed by atoms with Gasteiger partial charge in [0.15, 0.2) is 0 Å². The molecule has 0 heterocycles. The second-order valence-corrected chi connectivity index (χ2v) is 3.57. The van der Waals surface area contributed by atoms with Crippen molar-refractivity contribution in [2.24, 2.45) is 0 Å². The molecule has 16 heavy (non-hydrogen) atoms. The first-order valence-electron chi connectivity index (χ1n) is 4.86. The topological polar surface area (TPSA) is 61.5 Å². The number of benzene rings is 1. The third-order valence-corrected chi connectivity index (χ3v) is 2.40. The molecule has 0 amide bonds. The van der Waals surface area contributed by atoms with Crippen LogP contribution in [0.1, 0.15) is 12.5 Å². The molecule has 0 fully saturated rings. The van der Waals surface area contributed by atoms with E-state index in [-0.39, 0.29) is 12.4 Å². The Morgan fingerprint density at radius 2 is 2.19 bits per heavy atom. The average molecular weight is 244 g/mol. The fraction of sp³-hybridized carbons (Fsp3) is 0.364. The number of methoxy groups -OCH3 is 1. The van der Waals surface area contributed by atoms with Crippen molar-refractivity contribution in [3.05, 3.63) is 22.7 Å². The highest BCUT2D eigenvalue weighted by Crippen LogP contribution is 2.29. The van der Waals surface area contributed by atoms with E-state index in [1.807, 2.05) is 0 Å². The molecule has 0 saturated carbocycles. The van der Waals surface area contributed by atoms with Crippen LogP contribution in [0.4, 0.5) is 5.69 Å². The number of carbonyl (C=O) groups is 1. The molecule has 0 aliphatic carbocycles. The summed E-state index contributed by atoms with van der Waals surface area (Å²) in [5.74, 6) is 0.219. The van der Waals surface area contributed by atoms with Gasteiger partial charge in [-0.2, -0.15) is 0 Å². The van der Waals surface area contributed by atoms with Crippen LogP contribution in [0.25, 0.3) is 0 Å². The summed E-state index contributed by atoms with van der Waals surface area (Å²) in [4.78, 5) is 11.3. The summed E-state index contributed by atoms with van der Waals surface area (Å²) >= 11 is 5.99. The molecule has 1 aromatic carbocycles. The minimum absolute atomic E-state index is 0.0719. The van der Waals surface area contributed by atoms with Gasteiger partial charge in [-0.15, -0.1) is 0 Å². The quantitative estimate of drug-likeness (QED) is 0.649. The Morgan fingerprint density at radius 1 is 1.50 bits per heavy atom. The normalized spacial score (nSPS) is 9.94. The Kier molecular flexibility index (Phi) is 4.43. The van der Waals surface area contributed by atoms with Gasteiger partial charge in [-0.25, -0.2) is 0 Å². The van der Waals surface area contributed by atoms with Crippen LogP contribution in [0.5, 0.6) is 5.75 Å². The molecular formula is C11H14ClNO3. The van der Waals surface area contributed by atoms with E-state index in [2.05, 4.69) is 0 Å². The zero-order chi connectivity index (χ0) is 12.1. The molecule has 1 rings (SSSR count). The van der Waals surface area contributed by atoms with Crippen LogP contribution in [-0.4, -0.2) is 19.7 Å². The predicted molar refractivity (Wildman–Crippen MR) is 62.8 cm³/mol. The molecule has 1 aromatic rings. The maximum atomic E-state index is 11.3. The molecule has 0 radical (unpaired) electrons. The molecule has 0 spiro atoms. The first-order valence-corrected chi connectivity index (χ1v) is 5.23. The standard InChI is InChI=1S/C11H14ClNO3/c1-3-16-11(14)6-8-9(12)4-7(15-2)5-10(8)13/h4-5H,3,6,13H2,1-2H3. The Morgan fingerprint density at radius 3 is 2.69 bits per heavy atom. The summed E-state index contributed by atoms with van der Waals surface area (Å²) in [5, 5.41) is 0.407. The number of hydrogen-bond donors (Lipinski definition) is 1. The first-order chi connectivity index (χ1) is 7.58. The molecule has 0 atom stereocenters. The lowest BCUT2D eigenvalue weighted by molar-refractivity contribution is -0.142. The lowest BCUT2D eigenvalue weighted by atomic mass is 10.1. The van der Waals surface area contributed by atoms with E-state index < -0.39 is 0 Å². The molecule has 4 nitrogen and oxygen atoms in total. The maximum absolute atomic E-state index is 11.3. The number of carbonyl (C=O) groups excluding carboxylic acids is 1. The van der Waals surface area contributed by atoms with Gasteiger partial charge in [-0.3, -0.25) is 4.79 Å². The fourth-order valence-corrected chi connectivity index (χ4v) is 1.58. The summed E-state index contributed by atoms with van der Waals surface area (Å²) in [6.07, 6.45) is 0.0719. The Hall–Kier alpha value is -1.42. The average Bonchev–Trinajstić information content (AvgIpc) is 2.23. The van der Waals surface area contributed by atoms with E-state index in [1.54, 1.807) is 19.1 Å². The summed E-state index contributed by atoms with van der Waals surface area (Å²) in [6, 6.07) is 3.24. The molecule has 0 aromatic heterocycles. The van der Waals surface area contributed by atoms with Gasteiger partial charge in [0, 0.05) is 17.3 Å². The van der Waals surface area contributed by atoms with Gasteiger partial charge in [-0.1, -0.05) is 11.6 Å². The maximum Gasteiger partial charge on any atom is 0.310 e. The smallest absolute Gasteiger partial charge is 0.310 e.